The summed E-state index contributed by atoms with van der Waals surface area (Å²) >= 11 is 0. The van der Waals surface area contributed by atoms with Gasteiger partial charge in [0.15, 0.2) is 0 Å². The minimum absolute atomic E-state index is 0.0184. The SMILES string of the molecule is CC12CC1(C#N)C2c1ccc2ccccc2c1. The van der Waals surface area contributed by atoms with Crippen molar-refractivity contribution in [2.24, 2.45) is 10.8 Å². The van der Waals surface area contributed by atoms with E-state index in [0.29, 0.717) is 5.92 Å². The highest BCUT2D eigenvalue weighted by Crippen LogP contribution is 2.93. The molecule has 0 bridgehead atoms. The second-order valence-electron chi connectivity index (χ2n) is 5.72. The van der Waals surface area contributed by atoms with E-state index in [1.807, 2.05) is 0 Å². The van der Waals surface area contributed by atoms with Crippen LogP contribution in [0.2, 0.25) is 0 Å². The lowest BCUT2D eigenvalue weighted by Crippen LogP contribution is -1.98. The molecule has 3 atom stereocenters. The average molecular weight is 219 g/mol. The predicted octanol–water partition coefficient (Wildman–Crippen LogP) is 3.86. The van der Waals surface area contributed by atoms with Crippen LogP contribution >= 0.6 is 0 Å². The van der Waals surface area contributed by atoms with Crippen molar-refractivity contribution >= 4 is 10.8 Å². The summed E-state index contributed by atoms with van der Waals surface area (Å²) in [6, 6.07) is 17.6. The monoisotopic (exact) mass is 219 g/mol. The molecule has 0 N–H and O–H groups in total. The molecule has 2 saturated carbocycles. The maximum atomic E-state index is 9.27. The normalized spacial score (nSPS) is 37.3. The summed E-state index contributed by atoms with van der Waals surface area (Å²) in [4.78, 5) is 0. The minimum Gasteiger partial charge on any atom is -0.198 e. The van der Waals surface area contributed by atoms with E-state index in [-0.39, 0.29) is 10.8 Å². The van der Waals surface area contributed by atoms with Crippen LogP contribution in [0.4, 0.5) is 0 Å². The first-order chi connectivity index (χ1) is 8.21. The zero-order valence-corrected chi connectivity index (χ0v) is 9.77. The Morgan fingerprint density at radius 1 is 1.18 bits per heavy atom. The molecule has 0 aromatic heterocycles. The van der Waals surface area contributed by atoms with Crippen molar-refractivity contribution in [2.75, 3.05) is 0 Å². The van der Waals surface area contributed by atoms with Crippen molar-refractivity contribution in [3.05, 3.63) is 48.0 Å². The Bertz CT molecular complexity index is 681. The molecule has 0 heterocycles. The van der Waals surface area contributed by atoms with Crippen LogP contribution in [0.3, 0.4) is 0 Å². The maximum Gasteiger partial charge on any atom is 0.0714 e. The van der Waals surface area contributed by atoms with Crippen LogP contribution in [0.5, 0.6) is 0 Å². The topological polar surface area (TPSA) is 23.8 Å². The Kier molecular flexibility index (Phi) is 1.38. The standard InChI is InChI=1S/C16H13N/c1-15-9-16(15,10-17)14(15)13-7-6-11-4-2-3-5-12(11)8-13/h2-8,14H,9H2,1H3. The largest absolute Gasteiger partial charge is 0.198 e. The number of nitrogens with zero attached hydrogens (tertiary/aromatic N) is 1. The lowest BCUT2D eigenvalue weighted by atomic mass is 9.93. The Morgan fingerprint density at radius 2 is 1.94 bits per heavy atom. The van der Waals surface area contributed by atoms with Gasteiger partial charge in [-0.15, -0.1) is 0 Å². The van der Waals surface area contributed by atoms with Crippen LogP contribution in [0.15, 0.2) is 42.5 Å². The lowest BCUT2D eigenvalue weighted by molar-refractivity contribution is 0.618. The van der Waals surface area contributed by atoms with Crippen molar-refractivity contribution in [3.63, 3.8) is 0 Å². The van der Waals surface area contributed by atoms with Crippen molar-refractivity contribution in [3.8, 4) is 6.07 Å². The van der Waals surface area contributed by atoms with Gasteiger partial charge in [0.2, 0.25) is 0 Å². The number of hydrogen-bond donors (Lipinski definition) is 0. The summed E-state index contributed by atoms with van der Waals surface area (Å²) in [6.45, 7) is 2.25. The molecule has 2 aliphatic carbocycles. The zero-order chi connectivity index (χ0) is 11.7. The molecule has 4 rings (SSSR count). The molecular formula is C16H13N. The van der Waals surface area contributed by atoms with Gasteiger partial charge in [0.1, 0.15) is 0 Å². The third-order valence-corrected chi connectivity index (χ3v) is 4.89. The van der Waals surface area contributed by atoms with Gasteiger partial charge in [-0.1, -0.05) is 49.4 Å². The summed E-state index contributed by atoms with van der Waals surface area (Å²) in [6.07, 6.45) is 1.09. The quantitative estimate of drug-likeness (QED) is 0.714. The number of hydrogen-bond acceptors (Lipinski definition) is 1. The fourth-order valence-electron chi connectivity index (χ4n) is 3.64. The number of benzene rings is 2. The predicted molar refractivity (Wildman–Crippen MR) is 67.5 cm³/mol. The van der Waals surface area contributed by atoms with Crippen LogP contribution in [-0.2, 0) is 0 Å². The van der Waals surface area contributed by atoms with E-state index in [9.17, 15) is 5.26 Å². The van der Waals surface area contributed by atoms with E-state index in [4.69, 9.17) is 0 Å². The van der Waals surface area contributed by atoms with Gasteiger partial charge >= 0.3 is 0 Å². The second-order valence-corrected chi connectivity index (χ2v) is 5.72. The molecule has 0 saturated heterocycles. The van der Waals surface area contributed by atoms with Crippen LogP contribution in [0.25, 0.3) is 10.8 Å². The number of rotatable bonds is 1. The fourth-order valence-corrected chi connectivity index (χ4v) is 3.64. The van der Waals surface area contributed by atoms with Gasteiger partial charge in [-0.05, 0) is 28.2 Å². The lowest BCUT2D eigenvalue weighted by Gasteiger charge is -2.10. The number of nitriles is 1. The Labute approximate surface area is 101 Å². The van der Waals surface area contributed by atoms with Crippen LogP contribution in [-0.4, -0.2) is 0 Å². The molecule has 2 aromatic rings. The molecule has 2 fully saturated rings. The molecule has 2 aromatic carbocycles. The van der Waals surface area contributed by atoms with Crippen molar-refractivity contribution in [1.82, 2.24) is 0 Å². The van der Waals surface area contributed by atoms with Crippen LogP contribution in [0, 0.1) is 22.2 Å². The van der Waals surface area contributed by atoms with Gasteiger partial charge < -0.3 is 0 Å². The summed E-state index contributed by atoms with van der Waals surface area (Å²) in [5.41, 5.74) is 1.61. The molecule has 2 aliphatic rings. The zero-order valence-electron chi connectivity index (χ0n) is 9.77. The molecule has 17 heavy (non-hydrogen) atoms. The van der Waals surface area contributed by atoms with Gasteiger partial charge in [0, 0.05) is 5.92 Å². The summed E-state index contributed by atoms with van der Waals surface area (Å²) in [5, 5.41) is 11.8. The first-order valence-electron chi connectivity index (χ1n) is 6.11. The smallest absolute Gasteiger partial charge is 0.0714 e. The van der Waals surface area contributed by atoms with Gasteiger partial charge in [0.25, 0.3) is 0 Å². The van der Waals surface area contributed by atoms with Crippen molar-refractivity contribution in [2.45, 2.75) is 19.3 Å². The fraction of sp³-hybridized carbons (Fsp3) is 0.312. The van der Waals surface area contributed by atoms with Crippen LogP contribution in [0.1, 0.15) is 24.8 Å². The molecule has 1 heteroatoms. The van der Waals surface area contributed by atoms with Gasteiger partial charge in [-0.2, -0.15) is 5.26 Å². The number of fused-ring (bicyclic) bond motifs is 2. The average Bonchev–Trinajstić information content (AvgIpc) is 3.13. The molecular weight excluding hydrogens is 206 g/mol. The van der Waals surface area contributed by atoms with E-state index in [1.165, 1.54) is 16.3 Å². The van der Waals surface area contributed by atoms with Crippen molar-refractivity contribution < 1.29 is 0 Å². The van der Waals surface area contributed by atoms with E-state index in [2.05, 4.69) is 55.5 Å². The van der Waals surface area contributed by atoms with Crippen LogP contribution < -0.4 is 0 Å². The molecule has 0 amide bonds. The van der Waals surface area contributed by atoms with E-state index in [1.54, 1.807) is 0 Å². The third-order valence-electron chi connectivity index (χ3n) is 4.89. The third kappa shape index (κ3) is 0.908. The molecule has 0 radical (unpaired) electrons. The minimum atomic E-state index is -0.0184. The Balaban J connectivity index is 1.82. The van der Waals surface area contributed by atoms with E-state index in [0.717, 1.165) is 6.42 Å². The summed E-state index contributed by atoms with van der Waals surface area (Å²) < 4.78 is 0. The highest BCUT2D eigenvalue weighted by molar-refractivity contribution is 5.83. The molecule has 1 nitrogen and oxygen atoms in total. The van der Waals surface area contributed by atoms with Gasteiger partial charge in [-0.25, -0.2) is 0 Å². The molecule has 82 valence electrons. The Morgan fingerprint density at radius 3 is 2.59 bits per heavy atom. The van der Waals surface area contributed by atoms with Gasteiger partial charge in [-0.3, -0.25) is 0 Å². The summed E-state index contributed by atoms with van der Waals surface area (Å²) in [5.74, 6) is 0.476. The van der Waals surface area contributed by atoms with Gasteiger partial charge in [0.05, 0.1) is 11.5 Å². The maximum absolute atomic E-state index is 9.27. The van der Waals surface area contributed by atoms with E-state index >= 15 is 0 Å². The first-order valence-corrected chi connectivity index (χ1v) is 6.11. The first kappa shape index (κ1) is 9.24. The Hall–Kier alpha value is -1.81. The highest BCUT2D eigenvalue weighted by Gasteiger charge is 2.89. The molecule has 0 aliphatic heterocycles. The molecule has 0 spiro atoms. The highest BCUT2D eigenvalue weighted by atomic mass is 14.9. The molecule has 3 unspecified atom stereocenters. The summed E-state index contributed by atoms with van der Waals surface area (Å²) in [7, 11) is 0. The van der Waals surface area contributed by atoms with E-state index < -0.39 is 0 Å². The second kappa shape index (κ2) is 2.54. The van der Waals surface area contributed by atoms with Crippen molar-refractivity contribution in [1.29, 1.82) is 5.26 Å².